The molecule has 1 rings (SSSR count). The summed E-state index contributed by atoms with van der Waals surface area (Å²) in [5.41, 5.74) is 7.17. The third kappa shape index (κ3) is 4.98. The SMILES string of the molecule is Nc1ccc(/C=C/C(=O)OCCCBr)cc1. The van der Waals surface area contributed by atoms with E-state index in [0.29, 0.717) is 12.3 Å². The van der Waals surface area contributed by atoms with Crippen LogP contribution in [0.4, 0.5) is 5.69 Å². The molecule has 4 heteroatoms. The fourth-order valence-corrected chi connectivity index (χ4v) is 1.28. The van der Waals surface area contributed by atoms with Crippen molar-refractivity contribution in [3.63, 3.8) is 0 Å². The minimum atomic E-state index is -0.322. The molecule has 0 saturated carbocycles. The first-order chi connectivity index (χ1) is 7.72. The predicted molar refractivity (Wildman–Crippen MR) is 69.3 cm³/mol. The molecule has 0 spiro atoms. The van der Waals surface area contributed by atoms with Gasteiger partial charge in [-0.3, -0.25) is 0 Å². The van der Waals surface area contributed by atoms with E-state index in [-0.39, 0.29) is 5.97 Å². The zero-order valence-corrected chi connectivity index (χ0v) is 10.4. The van der Waals surface area contributed by atoms with Crippen LogP contribution < -0.4 is 5.73 Å². The summed E-state index contributed by atoms with van der Waals surface area (Å²) in [4.78, 5) is 11.2. The highest BCUT2D eigenvalue weighted by molar-refractivity contribution is 9.09. The van der Waals surface area contributed by atoms with E-state index in [2.05, 4.69) is 15.9 Å². The van der Waals surface area contributed by atoms with Crippen molar-refractivity contribution in [2.45, 2.75) is 6.42 Å². The number of esters is 1. The van der Waals surface area contributed by atoms with Gasteiger partial charge in [-0.15, -0.1) is 0 Å². The Balaban J connectivity index is 2.41. The second-order valence-corrected chi connectivity index (χ2v) is 4.00. The van der Waals surface area contributed by atoms with E-state index in [1.807, 2.05) is 12.1 Å². The molecule has 0 radical (unpaired) electrons. The Morgan fingerprint density at radius 3 is 2.69 bits per heavy atom. The molecule has 0 heterocycles. The Bertz CT molecular complexity index is 360. The predicted octanol–water partition coefficient (Wildman–Crippen LogP) is 2.61. The van der Waals surface area contributed by atoms with Crippen LogP contribution in [-0.4, -0.2) is 17.9 Å². The van der Waals surface area contributed by atoms with Gasteiger partial charge in [0.25, 0.3) is 0 Å². The van der Waals surface area contributed by atoms with Gasteiger partial charge in [0.2, 0.25) is 0 Å². The highest BCUT2D eigenvalue weighted by Crippen LogP contribution is 2.07. The minimum Gasteiger partial charge on any atom is -0.462 e. The lowest BCUT2D eigenvalue weighted by molar-refractivity contribution is -0.137. The third-order valence-electron chi connectivity index (χ3n) is 1.87. The van der Waals surface area contributed by atoms with Crippen molar-refractivity contribution in [2.75, 3.05) is 17.7 Å². The number of carbonyl (C=O) groups excluding carboxylic acids is 1. The van der Waals surface area contributed by atoms with Gasteiger partial charge >= 0.3 is 5.97 Å². The molecule has 1 aromatic rings. The number of nitrogens with two attached hydrogens (primary N) is 1. The molecule has 3 nitrogen and oxygen atoms in total. The van der Waals surface area contributed by atoms with Crippen LogP contribution in [0.2, 0.25) is 0 Å². The average molecular weight is 284 g/mol. The molecule has 0 fully saturated rings. The molecule has 0 saturated heterocycles. The fourth-order valence-electron chi connectivity index (χ4n) is 1.05. The summed E-state index contributed by atoms with van der Waals surface area (Å²) in [6, 6.07) is 7.26. The maximum Gasteiger partial charge on any atom is 0.330 e. The Labute approximate surface area is 103 Å². The molecule has 0 amide bonds. The second kappa shape index (κ2) is 7.06. The summed E-state index contributed by atoms with van der Waals surface area (Å²) < 4.78 is 4.95. The summed E-state index contributed by atoms with van der Waals surface area (Å²) >= 11 is 3.26. The number of benzene rings is 1. The standard InChI is InChI=1S/C12H14BrNO2/c13-8-1-9-16-12(15)7-4-10-2-5-11(14)6-3-10/h2-7H,1,8-9,14H2/b7-4+. The topological polar surface area (TPSA) is 52.3 Å². The Hall–Kier alpha value is -1.29. The molecule has 0 aliphatic rings. The van der Waals surface area contributed by atoms with Crippen molar-refractivity contribution < 1.29 is 9.53 Å². The molecule has 0 atom stereocenters. The van der Waals surface area contributed by atoms with Gasteiger partial charge in [-0.1, -0.05) is 28.1 Å². The smallest absolute Gasteiger partial charge is 0.330 e. The molecular weight excluding hydrogens is 270 g/mol. The molecule has 0 aromatic heterocycles. The number of ether oxygens (including phenoxy) is 1. The Morgan fingerprint density at radius 2 is 2.06 bits per heavy atom. The Kier molecular flexibility index (Phi) is 5.64. The van der Waals surface area contributed by atoms with Crippen LogP contribution in [0.3, 0.4) is 0 Å². The molecule has 16 heavy (non-hydrogen) atoms. The van der Waals surface area contributed by atoms with Crippen LogP contribution in [-0.2, 0) is 9.53 Å². The normalized spacial score (nSPS) is 10.6. The van der Waals surface area contributed by atoms with Gasteiger partial charge in [0.05, 0.1) is 6.61 Å². The van der Waals surface area contributed by atoms with Crippen LogP contribution in [0, 0.1) is 0 Å². The van der Waals surface area contributed by atoms with Gasteiger partial charge in [0, 0.05) is 17.1 Å². The maximum absolute atomic E-state index is 11.2. The molecule has 0 bridgehead atoms. The molecule has 86 valence electrons. The van der Waals surface area contributed by atoms with Crippen molar-refractivity contribution >= 4 is 33.7 Å². The van der Waals surface area contributed by atoms with Crippen LogP contribution in [0.5, 0.6) is 0 Å². The summed E-state index contributed by atoms with van der Waals surface area (Å²) in [6.07, 6.45) is 3.94. The average Bonchev–Trinajstić information content (AvgIpc) is 2.29. The number of hydrogen-bond donors (Lipinski definition) is 1. The number of rotatable bonds is 5. The zero-order chi connectivity index (χ0) is 11.8. The summed E-state index contributed by atoms with van der Waals surface area (Å²) in [7, 11) is 0. The summed E-state index contributed by atoms with van der Waals surface area (Å²) in [5.74, 6) is -0.322. The third-order valence-corrected chi connectivity index (χ3v) is 2.43. The largest absolute Gasteiger partial charge is 0.462 e. The number of hydrogen-bond acceptors (Lipinski definition) is 3. The highest BCUT2D eigenvalue weighted by Gasteiger charge is 1.95. The lowest BCUT2D eigenvalue weighted by Gasteiger charge is -1.99. The van der Waals surface area contributed by atoms with Crippen molar-refractivity contribution in [1.82, 2.24) is 0 Å². The van der Waals surface area contributed by atoms with Crippen molar-refractivity contribution in [2.24, 2.45) is 0 Å². The maximum atomic E-state index is 11.2. The van der Waals surface area contributed by atoms with E-state index in [9.17, 15) is 4.79 Å². The van der Waals surface area contributed by atoms with Gasteiger partial charge in [0.15, 0.2) is 0 Å². The first-order valence-electron chi connectivity index (χ1n) is 4.98. The quantitative estimate of drug-likeness (QED) is 0.297. The van der Waals surface area contributed by atoms with E-state index in [1.165, 1.54) is 6.08 Å². The first kappa shape index (κ1) is 12.8. The van der Waals surface area contributed by atoms with Crippen LogP contribution in [0.25, 0.3) is 6.08 Å². The van der Waals surface area contributed by atoms with Gasteiger partial charge in [0.1, 0.15) is 0 Å². The van der Waals surface area contributed by atoms with E-state index in [1.54, 1.807) is 18.2 Å². The first-order valence-corrected chi connectivity index (χ1v) is 6.11. The van der Waals surface area contributed by atoms with E-state index < -0.39 is 0 Å². The number of alkyl halides is 1. The van der Waals surface area contributed by atoms with E-state index in [0.717, 1.165) is 17.3 Å². The van der Waals surface area contributed by atoms with Gasteiger partial charge in [-0.05, 0) is 30.2 Å². The second-order valence-electron chi connectivity index (χ2n) is 3.21. The minimum absolute atomic E-state index is 0.322. The summed E-state index contributed by atoms with van der Waals surface area (Å²) in [5, 5.41) is 0.835. The number of nitrogen functional groups attached to an aromatic ring is 1. The molecule has 0 aliphatic heterocycles. The fraction of sp³-hybridized carbons (Fsp3) is 0.250. The number of anilines is 1. The van der Waals surface area contributed by atoms with Crippen LogP contribution in [0.15, 0.2) is 30.3 Å². The monoisotopic (exact) mass is 283 g/mol. The van der Waals surface area contributed by atoms with E-state index >= 15 is 0 Å². The van der Waals surface area contributed by atoms with Gasteiger partial charge in [-0.25, -0.2) is 4.79 Å². The van der Waals surface area contributed by atoms with Gasteiger partial charge in [-0.2, -0.15) is 0 Å². The van der Waals surface area contributed by atoms with Crippen molar-refractivity contribution in [1.29, 1.82) is 0 Å². The molecular formula is C12H14BrNO2. The van der Waals surface area contributed by atoms with Crippen molar-refractivity contribution in [3.8, 4) is 0 Å². The van der Waals surface area contributed by atoms with Crippen LogP contribution in [0.1, 0.15) is 12.0 Å². The zero-order valence-electron chi connectivity index (χ0n) is 8.86. The number of halogens is 1. The Morgan fingerprint density at radius 1 is 1.38 bits per heavy atom. The number of carbonyl (C=O) groups is 1. The molecule has 0 unspecified atom stereocenters. The van der Waals surface area contributed by atoms with Crippen molar-refractivity contribution in [3.05, 3.63) is 35.9 Å². The molecule has 1 aromatic carbocycles. The van der Waals surface area contributed by atoms with Crippen LogP contribution >= 0.6 is 15.9 Å². The van der Waals surface area contributed by atoms with Gasteiger partial charge < -0.3 is 10.5 Å². The lowest BCUT2D eigenvalue weighted by Crippen LogP contribution is -2.02. The van der Waals surface area contributed by atoms with E-state index in [4.69, 9.17) is 10.5 Å². The lowest BCUT2D eigenvalue weighted by atomic mass is 10.2. The highest BCUT2D eigenvalue weighted by atomic mass is 79.9. The molecule has 2 N–H and O–H groups in total. The summed E-state index contributed by atoms with van der Waals surface area (Å²) in [6.45, 7) is 0.441. The molecule has 0 aliphatic carbocycles.